The molecule has 10 heteroatoms. The van der Waals surface area contributed by atoms with Crippen molar-refractivity contribution in [3.63, 3.8) is 0 Å². The van der Waals surface area contributed by atoms with Gasteiger partial charge in [0.1, 0.15) is 10.3 Å². The number of hydrogen-bond donors (Lipinski definition) is 2. The third kappa shape index (κ3) is 3.91. The Labute approximate surface area is 165 Å². The first-order valence-corrected chi connectivity index (χ1v) is 9.82. The van der Waals surface area contributed by atoms with Gasteiger partial charge in [-0.25, -0.2) is 9.67 Å². The van der Waals surface area contributed by atoms with E-state index in [1.165, 1.54) is 0 Å². The van der Waals surface area contributed by atoms with Gasteiger partial charge in [0.15, 0.2) is 5.65 Å². The quantitative estimate of drug-likeness (QED) is 0.694. The van der Waals surface area contributed by atoms with Crippen LogP contribution in [0.15, 0.2) is 27.4 Å². The minimum atomic E-state index is 0.222. The summed E-state index contributed by atoms with van der Waals surface area (Å²) in [6, 6.07) is 0.222. The van der Waals surface area contributed by atoms with Crippen molar-refractivity contribution in [1.82, 2.24) is 19.7 Å². The first-order chi connectivity index (χ1) is 13.1. The van der Waals surface area contributed by atoms with Crippen molar-refractivity contribution in [2.45, 2.75) is 38.8 Å². The van der Waals surface area contributed by atoms with Crippen LogP contribution in [-0.4, -0.2) is 51.3 Å². The minimum absolute atomic E-state index is 0.222. The minimum Gasteiger partial charge on any atom is -0.478 e. The number of halogens is 1. The first-order valence-electron chi connectivity index (χ1n) is 9.03. The van der Waals surface area contributed by atoms with Crippen LogP contribution >= 0.6 is 15.9 Å². The van der Waals surface area contributed by atoms with Crippen LogP contribution in [0, 0.1) is 0 Å². The Balaban J connectivity index is 1.70. The molecule has 3 N–H and O–H groups in total. The molecule has 144 valence electrons. The summed E-state index contributed by atoms with van der Waals surface area (Å²) in [5, 5.41) is 8.54. The van der Waals surface area contributed by atoms with Crippen molar-refractivity contribution in [2.24, 2.45) is 10.7 Å². The molecular formula is C17H22BrN7O2. The maximum Gasteiger partial charge on any atom is 0.229 e. The monoisotopic (exact) mass is 435 g/mol. The van der Waals surface area contributed by atoms with Crippen LogP contribution < -0.4 is 11.1 Å². The largest absolute Gasteiger partial charge is 0.478 e. The maximum absolute atomic E-state index is 6.22. The molecule has 27 heavy (non-hydrogen) atoms. The Hall–Kier alpha value is -2.20. The summed E-state index contributed by atoms with van der Waals surface area (Å²) in [6.45, 7) is 4.55. The van der Waals surface area contributed by atoms with E-state index in [2.05, 4.69) is 36.3 Å². The van der Waals surface area contributed by atoms with E-state index in [1.807, 2.05) is 11.6 Å². The third-order valence-corrected chi connectivity index (χ3v) is 5.21. The average Bonchev–Trinajstić information content (AvgIpc) is 2.98. The van der Waals surface area contributed by atoms with Crippen LogP contribution in [0.1, 0.15) is 26.2 Å². The van der Waals surface area contributed by atoms with E-state index in [9.17, 15) is 0 Å². The van der Waals surface area contributed by atoms with Gasteiger partial charge >= 0.3 is 0 Å². The molecule has 0 atom stereocenters. The number of fused-ring (bicyclic) bond motifs is 1. The molecule has 0 amide bonds. The molecule has 4 rings (SSSR count). The Morgan fingerprint density at radius 1 is 1.37 bits per heavy atom. The van der Waals surface area contributed by atoms with Gasteiger partial charge in [0.2, 0.25) is 11.8 Å². The van der Waals surface area contributed by atoms with Gasteiger partial charge in [-0.3, -0.25) is 4.99 Å². The first kappa shape index (κ1) is 18.2. The van der Waals surface area contributed by atoms with Gasteiger partial charge in [-0.2, -0.15) is 10.1 Å². The predicted molar refractivity (Wildman–Crippen MR) is 105 cm³/mol. The second-order valence-electron chi connectivity index (χ2n) is 6.57. The van der Waals surface area contributed by atoms with Gasteiger partial charge in [-0.15, -0.1) is 0 Å². The Morgan fingerprint density at radius 2 is 2.19 bits per heavy atom. The van der Waals surface area contributed by atoms with Crippen LogP contribution in [0.2, 0.25) is 0 Å². The molecule has 0 saturated carbocycles. The lowest BCUT2D eigenvalue weighted by atomic mass is 10.1. The molecule has 0 aromatic carbocycles. The summed E-state index contributed by atoms with van der Waals surface area (Å²) in [7, 11) is 0. The Bertz CT molecular complexity index is 902. The summed E-state index contributed by atoms with van der Waals surface area (Å²) in [6.07, 6.45) is 4.31. The van der Waals surface area contributed by atoms with Crippen molar-refractivity contribution >= 4 is 38.6 Å². The standard InChI is InChI=1S/C17H22BrN7O2/c1-10(21-11-3-7-26-8-4-11)13-15(19)27-6-2-5-25-16-12(14(18)24-25)9-20-17(22-13)23-16/h9,11H,2-8,19H2,1H3,(H,20,22,23). The lowest BCUT2D eigenvalue weighted by molar-refractivity contribution is 0.0871. The van der Waals surface area contributed by atoms with E-state index in [0.29, 0.717) is 30.7 Å². The second kappa shape index (κ2) is 7.81. The van der Waals surface area contributed by atoms with Crippen molar-refractivity contribution in [3.8, 4) is 0 Å². The van der Waals surface area contributed by atoms with E-state index in [-0.39, 0.29) is 6.04 Å². The SMILES string of the molecule is CC(=NC1CCOCC1)C1=C(N)OCCCn2nc(Br)c3cnc(nc32)N1. The van der Waals surface area contributed by atoms with E-state index in [0.717, 1.165) is 53.8 Å². The molecule has 2 aliphatic heterocycles. The number of aliphatic imine (C=N–C) groups is 1. The number of nitrogens with one attached hydrogen (secondary N) is 1. The lowest BCUT2D eigenvalue weighted by Crippen LogP contribution is -2.24. The molecule has 4 heterocycles. The maximum atomic E-state index is 6.22. The normalized spacial score (nSPS) is 19.7. The number of anilines is 1. The van der Waals surface area contributed by atoms with E-state index < -0.39 is 0 Å². The highest BCUT2D eigenvalue weighted by atomic mass is 79.9. The molecule has 2 aromatic rings. The summed E-state index contributed by atoms with van der Waals surface area (Å²) < 4.78 is 13.7. The highest BCUT2D eigenvalue weighted by Gasteiger charge is 2.19. The molecule has 2 bridgehead atoms. The highest BCUT2D eigenvalue weighted by Crippen LogP contribution is 2.23. The third-order valence-electron chi connectivity index (χ3n) is 4.63. The Morgan fingerprint density at radius 3 is 3.00 bits per heavy atom. The Kier molecular flexibility index (Phi) is 5.26. The smallest absolute Gasteiger partial charge is 0.229 e. The fraction of sp³-hybridized carbons (Fsp3) is 0.529. The number of hydrogen-bond acceptors (Lipinski definition) is 8. The molecule has 9 nitrogen and oxygen atoms in total. The molecule has 2 aromatic heterocycles. The van der Waals surface area contributed by atoms with Gasteiger partial charge in [0.05, 0.1) is 23.7 Å². The van der Waals surface area contributed by atoms with E-state index >= 15 is 0 Å². The van der Waals surface area contributed by atoms with Crippen molar-refractivity contribution < 1.29 is 9.47 Å². The summed E-state index contributed by atoms with van der Waals surface area (Å²) in [4.78, 5) is 13.8. The summed E-state index contributed by atoms with van der Waals surface area (Å²) >= 11 is 3.46. The number of ether oxygens (including phenoxy) is 2. The van der Waals surface area contributed by atoms with Crippen molar-refractivity contribution in [3.05, 3.63) is 22.4 Å². The van der Waals surface area contributed by atoms with Crippen LogP contribution in [0.3, 0.4) is 0 Å². The lowest BCUT2D eigenvalue weighted by Gasteiger charge is -2.20. The van der Waals surface area contributed by atoms with Gasteiger partial charge in [0, 0.05) is 32.4 Å². The zero-order valence-electron chi connectivity index (χ0n) is 15.1. The summed E-state index contributed by atoms with van der Waals surface area (Å²) in [5.74, 6) is 0.730. The van der Waals surface area contributed by atoms with Crippen molar-refractivity contribution in [1.29, 1.82) is 0 Å². The van der Waals surface area contributed by atoms with Crippen LogP contribution in [0.25, 0.3) is 11.0 Å². The van der Waals surface area contributed by atoms with Crippen LogP contribution in [0.5, 0.6) is 0 Å². The number of aromatic nitrogens is 4. The zero-order valence-corrected chi connectivity index (χ0v) is 16.7. The highest BCUT2D eigenvalue weighted by molar-refractivity contribution is 9.10. The number of rotatable bonds is 2. The molecule has 2 aliphatic rings. The number of nitrogens with zero attached hydrogens (tertiary/aromatic N) is 5. The number of nitrogens with two attached hydrogens (primary N) is 1. The molecule has 0 radical (unpaired) electrons. The van der Waals surface area contributed by atoms with E-state index in [4.69, 9.17) is 20.2 Å². The number of aryl methyl sites for hydroxylation is 1. The van der Waals surface area contributed by atoms with Crippen LogP contribution in [-0.2, 0) is 16.0 Å². The fourth-order valence-corrected chi connectivity index (χ4v) is 3.67. The van der Waals surface area contributed by atoms with Crippen LogP contribution in [0.4, 0.5) is 5.95 Å². The van der Waals surface area contributed by atoms with Gasteiger partial charge in [-0.05, 0) is 35.7 Å². The predicted octanol–water partition coefficient (Wildman–Crippen LogP) is 2.19. The second-order valence-corrected chi connectivity index (χ2v) is 7.32. The zero-order chi connectivity index (χ0) is 18.8. The summed E-state index contributed by atoms with van der Waals surface area (Å²) in [5.41, 5.74) is 8.36. The fourth-order valence-electron chi connectivity index (χ4n) is 3.20. The molecular weight excluding hydrogens is 414 g/mol. The van der Waals surface area contributed by atoms with Gasteiger partial charge in [0.25, 0.3) is 0 Å². The van der Waals surface area contributed by atoms with E-state index in [1.54, 1.807) is 6.20 Å². The molecule has 0 aliphatic carbocycles. The molecule has 1 fully saturated rings. The molecule has 1 saturated heterocycles. The topological polar surface area (TPSA) is 112 Å². The average molecular weight is 436 g/mol. The van der Waals surface area contributed by atoms with Crippen molar-refractivity contribution in [2.75, 3.05) is 25.1 Å². The molecule has 0 spiro atoms. The van der Waals surface area contributed by atoms with Gasteiger partial charge in [-0.1, -0.05) is 0 Å². The number of allylic oxidation sites excluding steroid dienone is 1. The van der Waals surface area contributed by atoms with Gasteiger partial charge < -0.3 is 20.5 Å². The molecule has 0 unspecified atom stereocenters.